The van der Waals surface area contributed by atoms with Gasteiger partial charge in [-0.3, -0.25) is 20.2 Å². The quantitative estimate of drug-likeness (QED) is 0.0204. The van der Waals surface area contributed by atoms with Gasteiger partial charge >= 0.3 is 0 Å². The Hall–Kier alpha value is -5.54. The van der Waals surface area contributed by atoms with Crippen LogP contribution in [0.3, 0.4) is 0 Å². The number of amidine groups is 1. The summed E-state index contributed by atoms with van der Waals surface area (Å²) < 4.78 is 6.66. The van der Waals surface area contributed by atoms with Gasteiger partial charge in [-0.1, -0.05) is 6.07 Å². The lowest BCUT2D eigenvalue weighted by Gasteiger charge is -2.57. The first-order valence-electron chi connectivity index (χ1n) is 27.0. The SMILES string of the molecule is NC(=Nc1ccc2c(ccn2CCCNC23CC4CC(CC(C4)C2)C3)c1)c1cccs1.O=[N+]([O-])c1ccc2c(ccn2CCCCl)c1.O=[N+]([O-])c1ccc2c(ccn2CCCNC23CC4CC(CC(C4)C2)C3)c1. The van der Waals surface area contributed by atoms with Gasteiger partial charge in [0.05, 0.1) is 20.4 Å². The van der Waals surface area contributed by atoms with Gasteiger partial charge in [0.15, 0.2) is 0 Å². The van der Waals surface area contributed by atoms with Gasteiger partial charge in [0.25, 0.3) is 11.4 Å². The van der Waals surface area contributed by atoms with E-state index >= 15 is 0 Å². The van der Waals surface area contributed by atoms with Crippen molar-refractivity contribution in [3.8, 4) is 0 Å². The van der Waals surface area contributed by atoms with Gasteiger partial charge in [-0.2, -0.15) is 0 Å². The van der Waals surface area contributed by atoms with E-state index in [0.717, 1.165) is 113 Å². The average Bonchev–Trinajstić information content (AvgIpc) is 4.21. The van der Waals surface area contributed by atoms with Crippen LogP contribution in [0.25, 0.3) is 32.7 Å². The predicted molar refractivity (Wildman–Crippen MR) is 296 cm³/mol. The highest BCUT2D eigenvalue weighted by Gasteiger charge is 2.51. The number of aryl methyl sites for hydroxylation is 3. The summed E-state index contributed by atoms with van der Waals surface area (Å²) >= 11 is 7.25. The highest BCUT2D eigenvalue weighted by atomic mass is 35.5. The first-order valence-corrected chi connectivity index (χ1v) is 28.4. The molecule has 384 valence electrons. The monoisotopic (exact) mass is 1020 g/mol. The van der Waals surface area contributed by atoms with Crippen LogP contribution >= 0.6 is 22.9 Å². The molecule has 0 atom stereocenters. The minimum Gasteiger partial charge on any atom is -0.383 e. The summed E-state index contributed by atoms with van der Waals surface area (Å²) in [5, 5.41) is 34.6. The van der Waals surface area contributed by atoms with Crippen LogP contribution in [0.2, 0.25) is 0 Å². The summed E-state index contributed by atoms with van der Waals surface area (Å²) in [7, 11) is 0. The molecule has 3 aromatic carbocycles. The maximum atomic E-state index is 10.9. The number of hydrogen-bond donors (Lipinski definition) is 3. The number of nitro groups is 2. The summed E-state index contributed by atoms with van der Waals surface area (Å²) in [6, 6.07) is 26.5. The van der Waals surface area contributed by atoms with E-state index in [1.54, 1.807) is 35.6 Å². The van der Waals surface area contributed by atoms with E-state index in [1.165, 1.54) is 100 Å². The fourth-order valence-electron chi connectivity index (χ4n) is 15.2. The zero-order valence-electron chi connectivity index (χ0n) is 41.9. The Labute approximate surface area is 436 Å². The maximum absolute atomic E-state index is 10.9. The predicted octanol–water partition coefficient (Wildman–Crippen LogP) is 13.4. The topological polar surface area (TPSA) is 164 Å². The van der Waals surface area contributed by atoms with E-state index in [4.69, 9.17) is 17.3 Å². The van der Waals surface area contributed by atoms with Gasteiger partial charge in [0, 0.05) is 112 Å². The van der Waals surface area contributed by atoms with Gasteiger partial charge < -0.3 is 30.1 Å². The lowest BCUT2D eigenvalue weighted by Crippen LogP contribution is -2.58. The zero-order chi connectivity index (χ0) is 50.1. The third kappa shape index (κ3) is 11.1. The number of nitrogens with zero attached hydrogens (tertiary/aromatic N) is 6. The standard InChI is InChI=1S/C26H32N4S.C21H27N3O2.C11H11ClN2O2/c27-25(24-3-1-10-31-24)29-22-4-5-23-21(14-22)6-9-30(23)8-2-7-28-26-15-18-11-19(16-26)13-20(12-18)17-26;25-24(26)19-2-3-20-18(11-19)4-7-23(20)6-1-5-22-21-12-15-8-16(13-21)10-17(9-15)14-21;12-5-1-6-13-7-4-9-8-10(14(15)16)2-3-11(9)13/h1,3-6,9-10,14,18-20,28H,2,7-8,11-13,15-17H2,(H2,27,29);2-4,7,11,15-17,22H,1,5-6,8-10,12-14H2;2-4,7-8H,1,5-6H2. The third-order valence-corrected chi connectivity index (χ3v) is 18.6. The van der Waals surface area contributed by atoms with Crippen LogP contribution in [0, 0.1) is 55.7 Å². The molecule has 15 heteroatoms. The van der Waals surface area contributed by atoms with Crippen LogP contribution in [0.4, 0.5) is 17.1 Å². The molecule has 0 spiro atoms. The zero-order valence-corrected chi connectivity index (χ0v) is 43.5. The number of rotatable bonds is 17. The second-order valence-electron chi connectivity index (χ2n) is 22.7. The summed E-state index contributed by atoms with van der Waals surface area (Å²) in [6.07, 6.45) is 26.9. The Balaban J connectivity index is 0.000000124. The molecule has 8 aliphatic rings. The number of hydrogen-bond acceptors (Lipinski definition) is 8. The summed E-state index contributed by atoms with van der Waals surface area (Å²) in [5.41, 5.74) is 11.7. The maximum Gasteiger partial charge on any atom is 0.270 e. The molecule has 4 aromatic heterocycles. The molecule has 0 unspecified atom stereocenters. The molecule has 4 N–H and O–H groups in total. The molecule has 0 saturated heterocycles. The first-order chi connectivity index (χ1) is 35.5. The van der Waals surface area contributed by atoms with Crippen molar-refractivity contribution in [3.63, 3.8) is 0 Å². The lowest BCUT2D eigenvalue weighted by molar-refractivity contribution is -0.384. The van der Waals surface area contributed by atoms with Gasteiger partial charge in [0.1, 0.15) is 5.84 Å². The number of alkyl halides is 1. The second kappa shape index (κ2) is 21.4. The Morgan fingerprint density at radius 3 is 1.41 bits per heavy atom. The molecule has 0 amide bonds. The molecule has 8 saturated carbocycles. The molecule has 73 heavy (non-hydrogen) atoms. The van der Waals surface area contributed by atoms with Crippen molar-refractivity contribution >= 4 is 78.5 Å². The average molecular weight is 1020 g/mol. The number of benzene rings is 3. The van der Waals surface area contributed by atoms with Crippen molar-refractivity contribution in [2.75, 3.05) is 19.0 Å². The van der Waals surface area contributed by atoms with Crippen molar-refractivity contribution in [2.24, 2.45) is 46.2 Å². The molecule has 8 bridgehead atoms. The van der Waals surface area contributed by atoms with Crippen LogP contribution in [0.1, 0.15) is 101 Å². The van der Waals surface area contributed by atoms with Crippen molar-refractivity contribution in [1.29, 1.82) is 0 Å². The van der Waals surface area contributed by atoms with E-state index < -0.39 is 0 Å². The molecule has 0 aliphatic heterocycles. The first kappa shape index (κ1) is 49.7. The van der Waals surface area contributed by atoms with Gasteiger partial charge in [0.2, 0.25) is 0 Å². The van der Waals surface area contributed by atoms with Crippen LogP contribution in [-0.4, -0.2) is 59.4 Å². The number of fused-ring (bicyclic) bond motifs is 3. The van der Waals surface area contributed by atoms with E-state index in [9.17, 15) is 20.2 Å². The number of aromatic nitrogens is 3. The number of thiophene rings is 1. The summed E-state index contributed by atoms with van der Waals surface area (Å²) in [6.45, 7) is 5.05. The normalized spacial score (nSPS) is 26.6. The minimum atomic E-state index is -0.379. The van der Waals surface area contributed by atoms with E-state index in [1.807, 2.05) is 41.9 Å². The van der Waals surface area contributed by atoms with Crippen molar-refractivity contribution < 1.29 is 9.85 Å². The molecule has 13 nitrogen and oxygen atoms in total. The number of aliphatic imine (C=N–C) groups is 1. The molecule has 0 radical (unpaired) electrons. The number of nitrogens with two attached hydrogens (primary N) is 1. The van der Waals surface area contributed by atoms with Gasteiger partial charge in [-0.05, 0) is 205 Å². The van der Waals surface area contributed by atoms with Gasteiger partial charge in [-0.25, -0.2) is 4.99 Å². The molecular formula is C58H70ClN9O4S. The third-order valence-electron chi connectivity index (χ3n) is 17.5. The molecule has 8 fully saturated rings. The number of nitro benzene ring substituents is 2. The van der Waals surface area contributed by atoms with Crippen LogP contribution in [-0.2, 0) is 19.6 Å². The van der Waals surface area contributed by atoms with Crippen molar-refractivity contribution in [3.05, 3.63) is 134 Å². The number of nitrogens with one attached hydrogen (secondary N) is 2. The van der Waals surface area contributed by atoms with E-state index in [-0.39, 0.29) is 21.2 Å². The van der Waals surface area contributed by atoms with Crippen molar-refractivity contribution in [1.82, 2.24) is 24.3 Å². The fraction of sp³-hybridized carbons (Fsp3) is 0.500. The Kier molecular flexibility index (Phi) is 14.5. The van der Waals surface area contributed by atoms with Crippen LogP contribution in [0.5, 0.6) is 0 Å². The van der Waals surface area contributed by atoms with Crippen LogP contribution < -0.4 is 16.4 Å². The number of halogens is 1. The Morgan fingerprint density at radius 2 is 1.01 bits per heavy atom. The van der Waals surface area contributed by atoms with Crippen LogP contribution in [0.15, 0.2) is 114 Å². The highest BCUT2D eigenvalue weighted by Crippen LogP contribution is 2.56. The molecule has 15 rings (SSSR count). The van der Waals surface area contributed by atoms with E-state index in [0.29, 0.717) is 22.8 Å². The second-order valence-corrected chi connectivity index (χ2v) is 24.1. The largest absolute Gasteiger partial charge is 0.383 e. The molecule has 4 heterocycles. The Bertz CT molecular complexity index is 3030. The fourth-order valence-corrected chi connectivity index (χ4v) is 15.9. The molecule has 7 aromatic rings. The van der Waals surface area contributed by atoms with Crippen molar-refractivity contribution in [2.45, 2.75) is 127 Å². The lowest BCUT2D eigenvalue weighted by atomic mass is 9.53. The minimum absolute atomic E-state index is 0.127. The molecule has 8 aliphatic carbocycles. The van der Waals surface area contributed by atoms with Gasteiger partial charge in [-0.15, -0.1) is 22.9 Å². The highest BCUT2D eigenvalue weighted by molar-refractivity contribution is 7.12. The molecular weight excluding hydrogens is 954 g/mol. The Morgan fingerprint density at radius 1 is 0.603 bits per heavy atom. The number of non-ortho nitro benzene ring substituents is 2. The smallest absolute Gasteiger partial charge is 0.270 e. The summed E-state index contributed by atoms with van der Waals surface area (Å²) in [5.74, 6) is 7.19. The summed E-state index contributed by atoms with van der Waals surface area (Å²) in [4.78, 5) is 26.4. The van der Waals surface area contributed by atoms with E-state index in [2.05, 4.69) is 66.0 Å².